The average molecular weight is 522 g/mol. The maximum atomic E-state index is 12.8. The Morgan fingerprint density at radius 1 is 0.906 bits per heavy atom. The zero-order valence-electron chi connectivity index (χ0n) is 18.9. The van der Waals surface area contributed by atoms with Crippen LogP contribution < -0.4 is 20.1 Å². The molecule has 0 aliphatic rings. The van der Waals surface area contributed by atoms with Gasteiger partial charge in [0.15, 0.2) is 5.11 Å². The van der Waals surface area contributed by atoms with E-state index in [0.29, 0.717) is 17.9 Å². The van der Waals surface area contributed by atoms with Crippen LogP contribution in [0.4, 0.5) is 5.69 Å². The van der Waals surface area contributed by atoms with E-state index in [4.69, 9.17) is 21.7 Å². The summed E-state index contributed by atoms with van der Waals surface area (Å²) < 4.78 is 12.3. The Kier molecular flexibility index (Phi) is 12.1. The molecule has 0 fully saturated rings. The van der Waals surface area contributed by atoms with Gasteiger partial charge in [0.2, 0.25) is 0 Å². The summed E-state index contributed by atoms with van der Waals surface area (Å²) in [6.07, 6.45) is 8.00. The summed E-state index contributed by atoms with van der Waals surface area (Å²) in [5, 5.41) is 5.98. The predicted molar refractivity (Wildman–Crippen MR) is 139 cm³/mol. The van der Waals surface area contributed by atoms with Crippen LogP contribution in [0.15, 0.2) is 46.9 Å². The van der Waals surface area contributed by atoms with Gasteiger partial charge in [0.05, 0.1) is 18.8 Å². The van der Waals surface area contributed by atoms with Crippen molar-refractivity contribution in [2.75, 3.05) is 18.5 Å². The number of thiocarbonyl (C=S) groups is 1. The number of nitrogens with one attached hydrogen (secondary N) is 2. The lowest BCUT2D eigenvalue weighted by Gasteiger charge is -2.14. The monoisotopic (exact) mass is 520 g/mol. The van der Waals surface area contributed by atoms with Crippen molar-refractivity contribution in [3.63, 3.8) is 0 Å². The van der Waals surface area contributed by atoms with E-state index in [2.05, 4.69) is 40.4 Å². The second-order valence-electron chi connectivity index (χ2n) is 7.54. The minimum Gasteiger partial charge on any atom is -0.494 e. The number of unbranched alkanes of at least 4 members (excludes halogenated alkanes) is 5. The number of anilines is 1. The Balaban J connectivity index is 1.84. The maximum absolute atomic E-state index is 12.8. The fraction of sp³-hybridized carbons (Fsp3) is 0.440. The van der Waals surface area contributed by atoms with Crippen LogP contribution in [0.25, 0.3) is 0 Å². The van der Waals surface area contributed by atoms with E-state index in [-0.39, 0.29) is 11.0 Å². The summed E-state index contributed by atoms with van der Waals surface area (Å²) in [7, 11) is 0. The Hall–Kier alpha value is -2.12. The Morgan fingerprint density at radius 2 is 1.59 bits per heavy atom. The third kappa shape index (κ3) is 9.57. The number of carbonyl (C=O) groups excluding carboxylic acids is 1. The minimum atomic E-state index is -0.321. The molecule has 0 saturated carbocycles. The van der Waals surface area contributed by atoms with Gasteiger partial charge in [-0.25, -0.2) is 0 Å². The van der Waals surface area contributed by atoms with Crippen LogP contribution >= 0.6 is 28.1 Å². The molecule has 0 spiro atoms. The van der Waals surface area contributed by atoms with Gasteiger partial charge in [0.1, 0.15) is 11.5 Å². The molecule has 174 valence electrons. The topological polar surface area (TPSA) is 59.6 Å². The molecule has 2 aromatic rings. The molecular formula is C25H33BrN2O3S. The second kappa shape index (κ2) is 14.9. The molecule has 5 nitrogen and oxygen atoms in total. The van der Waals surface area contributed by atoms with Gasteiger partial charge < -0.3 is 14.8 Å². The summed E-state index contributed by atoms with van der Waals surface area (Å²) in [6.45, 7) is 5.59. The zero-order valence-corrected chi connectivity index (χ0v) is 21.3. The molecule has 2 rings (SSSR count). The van der Waals surface area contributed by atoms with Crippen molar-refractivity contribution in [3.05, 3.63) is 52.5 Å². The van der Waals surface area contributed by atoms with E-state index in [0.717, 1.165) is 41.8 Å². The number of carbonyl (C=O) groups is 1. The summed E-state index contributed by atoms with van der Waals surface area (Å²) in [6, 6.07) is 12.9. The van der Waals surface area contributed by atoms with Gasteiger partial charge in [-0.1, -0.05) is 61.9 Å². The van der Waals surface area contributed by atoms with E-state index in [1.807, 2.05) is 30.3 Å². The second-order valence-corrected chi connectivity index (χ2v) is 8.86. The number of benzene rings is 2. The Bertz CT molecular complexity index is 859. The van der Waals surface area contributed by atoms with Crippen LogP contribution in [0.3, 0.4) is 0 Å². The quantitative estimate of drug-likeness (QED) is 0.217. The SMILES string of the molecule is CCCCCCCOc1ccc(NC(=S)NC(=O)c2cc(Br)ccc2OCCCC)cc1. The highest BCUT2D eigenvalue weighted by molar-refractivity contribution is 9.10. The predicted octanol–water partition coefficient (Wildman–Crippen LogP) is 7.10. The normalized spacial score (nSPS) is 10.5. The molecule has 1 amide bonds. The van der Waals surface area contributed by atoms with Crippen LogP contribution in [0, 0.1) is 0 Å². The first-order chi connectivity index (χ1) is 15.5. The van der Waals surface area contributed by atoms with Crippen molar-refractivity contribution >= 4 is 44.9 Å². The largest absolute Gasteiger partial charge is 0.494 e. The summed E-state index contributed by atoms with van der Waals surface area (Å²) in [5.74, 6) is 1.04. The average Bonchev–Trinajstić information content (AvgIpc) is 2.78. The number of amides is 1. The molecule has 2 aromatic carbocycles. The van der Waals surface area contributed by atoms with Gasteiger partial charge in [0.25, 0.3) is 5.91 Å². The minimum absolute atomic E-state index is 0.221. The Labute approximate surface area is 205 Å². The molecular weight excluding hydrogens is 488 g/mol. The fourth-order valence-electron chi connectivity index (χ4n) is 2.99. The molecule has 0 unspecified atom stereocenters. The van der Waals surface area contributed by atoms with Crippen LogP contribution in [-0.2, 0) is 0 Å². The van der Waals surface area contributed by atoms with Gasteiger partial charge in [-0.05, 0) is 67.5 Å². The van der Waals surface area contributed by atoms with Crippen LogP contribution in [-0.4, -0.2) is 24.2 Å². The number of hydrogen-bond donors (Lipinski definition) is 2. The molecule has 0 bridgehead atoms. The number of hydrogen-bond acceptors (Lipinski definition) is 4. The highest BCUT2D eigenvalue weighted by Crippen LogP contribution is 2.24. The van der Waals surface area contributed by atoms with Crippen molar-refractivity contribution in [2.24, 2.45) is 0 Å². The van der Waals surface area contributed by atoms with E-state index in [9.17, 15) is 4.79 Å². The van der Waals surface area contributed by atoms with Gasteiger partial charge in [-0.3, -0.25) is 10.1 Å². The summed E-state index contributed by atoms with van der Waals surface area (Å²) in [5.41, 5.74) is 1.21. The first kappa shape index (κ1) is 26.1. The van der Waals surface area contributed by atoms with Crippen molar-refractivity contribution in [1.82, 2.24) is 5.32 Å². The van der Waals surface area contributed by atoms with E-state index < -0.39 is 0 Å². The lowest BCUT2D eigenvalue weighted by Crippen LogP contribution is -2.34. The van der Waals surface area contributed by atoms with E-state index in [1.165, 1.54) is 25.7 Å². The number of rotatable bonds is 13. The molecule has 0 aliphatic heterocycles. The van der Waals surface area contributed by atoms with Gasteiger partial charge in [0, 0.05) is 10.2 Å². The molecule has 7 heteroatoms. The van der Waals surface area contributed by atoms with Crippen molar-refractivity contribution in [3.8, 4) is 11.5 Å². The molecule has 2 N–H and O–H groups in total. The standard InChI is InChI=1S/C25H33BrN2O3S/c1-3-5-7-8-9-17-30-21-13-11-20(12-14-21)27-25(32)28-24(29)22-18-19(26)10-15-23(22)31-16-6-4-2/h10-15,18H,3-9,16-17H2,1-2H3,(H2,27,28,29,32). The molecule has 0 radical (unpaired) electrons. The lowest BCUT2D eigenvalue weighted by atomic mass is 10.2. The first-order valence-corrected chi connectivity index (χ1v) is 12.5. The molecule has 0 atom stereocenters. The number of halogens is 1. The third-order valence-electron chi connectivity index (χ3n) is 4.80. The summed E-state index contributed by atoms with van der Waals surface area (Å²) in [4.78, 5) is 12.8. The van der Waals surface area contributed by atoms with Crippen LogP contribution in [0.2, 0.25) is 0 Å². The van der Waals surface area contributed by atoms with Crippen molar-refractivity contribution in [2.45, 2.75) is 58.8 Å². The van der Waals surface area contributed by atoms with Gasteiger partial charge in [-0.15, -0.1) is 0 Å². The fourth-order valence-corrected chi connectivity index (χ4v) is 3.57. The smallest absolute Gasteiger partial charge is 0.261 e. The van der Waals surface area contributed by atoms with Gasteiger partial charge >= 0.3 is 0 Å². The molecule has 0 heterocycles. The van der Waals surface area contributed by atoms with Crippen molar-refractivity contribution < 1.29 is 14.3 Å². The van der Waals surface area contributed by atoms with Crippen molar-refractivity contribution in [1.29, 1.82) is 0 Å². The van der Waals surface area contributed by atoms with Crippen LogP contribution in [0.1, 0.15) is 69.2 Å². The Morgan fingerprint density at radius 3 is 2.31 bits per heavy atom. The first-order valence-electron chi connectivity index (χ1n) is 11.3. The van der Waals surface area contributed by atoms with Gasteiger partial charge in [-0.2, -0.15) is 0 Å². The zero-order chi connectivity index (χ0) is 23.2. The van der Waals surface area contributed by atoms with E-state index >= 15 is 0 Å². The highest BCUT2D eigenvalue weighted by Gasteiger charge is 2.15. The van der Waals surface area contributed by atoms with E-state index in [1.54, 1.807) is 12.1 Å². The maximum Gasteiger partial charge on any atom is 0.261 e. The number of ether oxygens (including phenoxy) is 2. The third-order valence-corrected chi connectivity index (χ3v) is 5.49. The molecule has 0 aliphatic carbocycles. The van der Waals surface area contributed by atoms with Crippen LogP contribution in [0.5, 0.6) is 11.5 Å². The molecule has 0 saturated heterocycles. The summed E-state index contributed by atoms with van der Waals surface area (Å²) >= 11 is 8.73. The molecule has 0 aromatic heterocycles. The highest BCUT2D eigenvalue weighted by atomic mass is 79.9. The lowest BCUT2D eigenvalue weighted by molar-refractivity contribution is 0.0973. The molecule has 32 heavy (non-hydrogen) atoms.